The molecule has 0 heterocycles. The number of aryl methyl sites for hydroxylation is 4. The van der Waals surface area contributed by atoms with Gasteiger partial charge >= 0.3 is 21.7 Å². The van der Waals surface area contributed by atoms with Crippen LogP contribution < -0.4 is 35.4 Å². The predicted molar refractivity (Wildman–Crippen MR) is 190 cm³/mol. The first kappa shape index (κ1) is 42.8. The molecule has 0 atom stereocenters. The molecule has 0 amide bonds. The average molecular weight is 694 g/mol. The standard InChI is InChI=1S/2C19H28P.2ClH.Ti/c2*1-5-7-11-20(12-8-6-2)17-13-18-15(3)9-10-16(4)19(18)14-17;;;/h2*9-10,13-14H,5-8,11-12H2,1-4H3;2*1H;/q2*-1;;;+4/p-2. The van der Waals surface area contributed by atoms with E-state index < -0.39 is 0 Å². The van der Waals surface area contributed by atoms with Crippen molar-refractivity contribution in [3.63, 3.8) is 0 Å². The minimum Gasteiger partial charge on any atom is -1.00 e. The molecule has 4 aromatic carbocycles. The Morgan fingerprint density at radius 3 is 1.02 bits per heavy atom. The number of fused-ring (bicyclic) bond motifs is 2. The van der Waals surface area contributed by atoms with E-state index >= 15 is 0 Å². The van der Waals surface area contributed by atoms with Gasteiger partial charge in [0.1, 0.15) is 0 Å². The minimum absolute atomic E-state index is 0. The van der Waals surface area contributed by atoms with Gasteiger partial charge in [-0.3, -0.25) is 0 Å². The van der Waals surface area contributed by atoms with Gasteiger partial charge in [-0.15, -0.1) is 67.5 Å². The van der Waals surface area contributed by atoms with Crippen LogP contribution in [0.1, 0.15) is 101 Å². The van der Waals surface area contributed by atoms with E-state index in [0.29, 0.717) is 0 Å². The van der Waals surface area contributed by atoms with Crippen molar-refractivity contribution in [2.24, 2.45) is 0 Å². The van der Waals surface area contributed by atoms with E-state index in [1.54, 1.807) is 10.6 Å². The van der Waals surface area contributed by atoms with Crippen molar-refractivity contribution in [2.45, 2.75) is 107 Å². The summed E-state index contributed by atoms with van der Waals surface area (Å²) in [5, 5.41) is 9.24. The van der Waals surface area contributed by atoms with Crippen molar-refractivity contribution < 1.29 is 46.5 Å². The third kappa shape index (κ3) is 12.2. The summed E-state index contributed by atoms with van der Waals surface area (Å²) in [5.41, 5.74) is 5.71. The van der Waals surface area contributed by atoms with Gasteiger partial charge in [0.25, 0.3) is 0 Å². The number of benzene rings is 2. The zero-order valence-electron chi connectivity index (χ0n) is 28.3. The van der Waals surface area contributed by atoms with Gasteiger partial charge < -0.3 is 24.8 Å². The van der Waals surface area contributed by atoms with E-state index in [4.69, 9.17) is 0 Å². The molecule has 4 rings (SSSR count). The van der Waals surface area contributed by atoms with Crippen LogP contribution in [0.15, 0.2) is 48.5 Å². The molecule has 0 unspecified atom stereocenters. The fraction of sp³-hybridized carbons (Fsp3) is 0.526. The first-order valence-electron chi connectivity index (χ1n) is 16.2. The molecule has 0 spiro atoms. The third-order valence-corrected chi connectivity index (χ3v) is 13.9. The van der Waals surface area contributed by atoms with Crippen molar-refractivity contribution in [1.29, 1.82) is 0 Å². The Hall–Kier alpha value is -0.186. The summed E-state index contributed by atoms with van der Waals surface area (Å²) in [5.74, 6) is 0. The molecule has 0 saturated carbocycles. The molecule has 0 saturated heterocycles. The van der Waals surface area contributed by atoms with Gasteiger partial charge in [0.05, 0.1) is 0 Å². The second-order valence-electron chi connectivity index (χ2n) is 11.9. The maximum absolute atomic E-state index is 2.49. The summed E-state index contributed by atoms with van der Waals surface area (Å²) in [6.07, 6.45) is 16.5. The number of halogens is 2. The summed E-state index contributed by atoms with van der Waals surface area (Å²) >= 11 is 0. The molecule has 0 aromatic heterocycles. The number of unbranched alkanes of at least 4 members (excludes halogenated alkanes) is 4. The van der Waals surface area contributed by atoms with Gasteiger partial charge in [-0.1, -0.05) is 106 Å². The molecule has 5 heteroatoms. The van der Waals surface area contributed by atoms with Crippen LogP contribution in [-0.4, -0.2) is 24.6 Å². The van der Waals surface area contributed by atoms with Crippen LogP contribution >= 0.6 is 15.8 Å². The Labute approximate surface area is 294 Å². The van der Waals surface area contributed by atoms with E-state index in [9.17, 15) is 0 Å². The van der Waals surface area contributed by atoms with E-state index in [1.165, 1.54) is 120 Å². The van der Waals surface area contributed by atoms with Gasteiger partial charge in [-0.2, -0.15) is 12.1 Å². The Kier molecular flexibility index (Phi) is 22.3. The second-order valence-corrected chi connectivity index (χ2v) is 16.8. The number of hydrogen-bond acceptors (Lipinski definition) is 0. The molecule has 43 heavy (non-hydrogen) atoms. The van der Waals surface area contributed by atoms with Crippen LogP contribution in [-0.2, 0) is 21.7 Å². The van der Waals surface area contributed by atoms with E-state index in [-0.39, 0.29) is 62.4 Å². The third-order valence-electron chi connectivity index (χ3n) is 8.47. The molecule has 0 aliphatic carbocycles. The van der Waals surface area contributed by atoms with E-state index in [1.807, 2.05) is 0 Å². The van der Waals surface area contributed by atoms with Crippen LogP contribution in [0.4, 0.5) is 0 Å². The Bertz CT molecular complexity index is 1130. The summed E-state index contributed by atoms with van der Waals surface area (Å²) in [7, 11) is 0.122. The summed E-state index contributed by atoms with van der Waals surface area (Å²) in [6.45, 7) is 18.2. The first-order valence-corrected chi connectivity index (χ1v) is 19.6. The number of rotatable bonds is 14. The molecule has 0 aliphatic rings. The molecular formula is C38H56Cl2P2Ti. The van der Waals surface area contributed by atoms with Crippen LogP contribution in [0.3, 0.4) is 0 Å². The van der Waals surface area contributed by atoms with Crippen LogP contribution in [0.25, 0.3) is 21.5 Å². The molecule has 4 aromatic rings. The monoisotopic (exact) mass is 692 g/mol. The van der Waals surface area contributed by atoms with Crippen molar-refractivity contribution in [1.82, 2.24) is 0 Å². The fourth-order valence-corrected chi connectivity index (χ4v) is 11.2. The maximum atomic E-state index is 2.49. The number of hydrogen-bond donors (Lipinski definition) is 0. The van der Waals surface area contributed by atoms with Crippen molar-refractivity contribution in [3.8, 4) is 0 Å². The second kappa shape index (κ2) is 22.4. The molecule has 0 bridgehead atoms. The van der Waals surface area contributed by atoms with Crippen LogP contribution in [0.5, 0.6) is 0 Å². The van der Waals surface area contributed by atoms with Gasteiger partial charge in [-0.25, -0.2) is 0 Å². The summed E-state index contributed by atoms with van der Waals surface area (Å²) in [4.78, 5) is 0. The Morgan fingerprint density at radius 1 is 0.488 bits per heavy atom. The molecule has 0 radical (unpaired) electrons. The smallest absolute Gasteiger partial charge is 1.00 e. The minimum atomic E-state index is 0. The normalized spacial score (nSPS) is 10.8. The zero-order chi connectivity index (χ0) is 29.1. The van der Waals surface area contributed by atoms with Crippen molar-refractivity contribution in [3.05, 3.63) is 70.8 Å². The Morgan fingerprint density at radius 2 is 0.767 bits per heavy atom. The summed E-state index contributed by atoms with van der Waals surface area (Å²) in [6, 6.07) is 19.0. The van der Waals surface area contributed by atoms with Gasteiger partial charge in [0.2, 0.25) is 0 Å². The van der Waals surface area contributed by atoms with Crippen molar-refractivity contribution >= 4 is 48.0 Å². The summed E-state index contributed by atoms with van der Waals surface area (Å²) < 4.78 is 0. The van der Waals surface area contributed by atoms with E-state index in [2.05, 4.69) is 104 Å². The predicted octanol–water partition coefficient (Wildman–Crippen LogP) is 5.77. The van der Waals surface area contributed by atoms with Crippen molar-refractivity contribution in [2.75, 3.05) is 24.6 Å². The van der Waals surface area contributed by atoms with Gasteiger partial charge in [0.15, 0.2) is 0 Å². The molecular weight excluding hydrogens is 637 g/mol. The molecule has 0 nitrogen and oxygen atoms in total. The molecule has 0 aliphatic heterocycles. The van der Waals surface area contributed by atoms with Crippen LogP contribution in [0, 0.1) is 27.7 Å². The first-order chi connectivity index (χ1) is 19.3. The topological polar surface area (TPSA) is 0 Å². The van der Waals surface area contributed by atoms with Gasteiger partial charge in [-0.05, 0) is 64.2 Å². The fourth-order valence-electron chi connectivity index (χ4n) is 5.65. The molecule has 236 valence electrons. The zero-order valence-corrected chi connectivity index (χ0v) is 33.1. The maximum Gasteiger partial charge on any atom is 4.00 e. The van der Waals surface area contributed by atoms with Gasteiger partial charge in [0, 0.05) is 0 Å². The average Bonchev–Trinajstić information content (AvgIpc) is 3.61. The Balaban J connectivity index is 0.000000767. The SMILES string of the molecule is CCCCP(CCCC)c1cc2c(C)ccc(C)c2[cH-]1.CCCCP(CCCC)c1cc2c(C)ccc(C)c2[cH-]1.[Cl-].[Cl-].[Ti+4]. The molecule has 0 fully saturated rings. The van der Waals surface area contributed by atoms with E-state index in [0.717, 1.165) is 0 Å². The largest absolute Gasteiger partial charge is 4.00 e. The van der Waals surface area contributed by atoms with Crippen LogP contribution in [0.2, 0.25) is 0 Å². The quantitative estimate of drug-likeness (QED) is 0.0895. The molecule has 0 N–H and O–H groups in total.